The molecule has 25 heavy (non-hydrogen) atoms. The molecule has 2 aliphatic rings. The maximum absolute atomic E-state index is 12.1. The lowest BCUT2D eigenvalue weighted by atomic mass is 10.0. The van der Waals surface area contributed by atoms with E-state index in [0.29, 0.717) is 18.4 Å². The second-order valence-electron chi connectivity index (χ2n) is 6.87. The molecular formula is C18H30Cl2N4O. The molecule has 0 spiro atoms. The summed E-state index contributed by atoms with van der Waals surface area (Å²) in [5.41, 5.74) is 1.31. The number of amides is 1. The van der Waals surface area contributed by atoms with Crippen LogP contribution in [0.2, 0.25) is 0 Å². The minimum absolute atomic E-state index is 0. The number of halogens is 2. The second-order valence-corrected chi connectivity index (χ2v) is 6.87. The minimum atomic E-state index is 0. The van der Waals surface area contributed by atoms with Crippen LogP contribution in [0.3, 0.4) is 0 Å². The fraction of sp³-hybridized carbons (Fsp3) is 0.667. The SMILES string of the molecule is Cl.Cl.O=C(CCC1CCNC1)NC1CCN(Cc2ccncc2)CC1. The molecule has 2 aliphatic heterocycles. The second kappa shape index (κ2) is 11.7. The van der Waals surface area contributed by atoms with Crippen molar-refractivity contribution in [3.05, 3.63) is 30.1 Å². The van der Waals surface area contributed by atoms with E-state index < -0.39 is 0 Å². The molecule has 5 nitrogen and oxygen atoms in total. The Kier molecular flexibility index (Phi) is 10.4. The highest BCUT2D eigenvalue weighted by Gasteiger charge is 2.21. The van der Waals surface area contributed by atoms with Crippen molar-refractivity contribution in [2.24, 2.45) is 5.92 Å². The molecule has 0 saturated carbocycles. The number of pyridine rings is 1. The van der Waals surface area contributed by atoms with Gasteiger partial charge in [0.1, 0.15) is 0 Å². The number of hydrogen-bond donors (Lipinski definition) is 2. The molecule has 0 aliphatic carbocycles. The summed E-state index contributed by atoms with van der Waals surface area (Å²) in [6, 6.07) is 4.51. The molecule has 3 heterocycles. The van der Waals surface area contributed by atoms with Gasteiger partial charge in [0.25, 0.3) is 0 Å². The van der Waals surface area contributed by atoms with Crippen LogP contribution in [-0.2, 0) is 11.3 Å². The van der Waals surface area contributed by atoms with Gasteiger partial charge in [-0.25, -0.2) is 0 Å². The highest BCUT2D eigenvalue weighted by Crippen LogP contribution is 2.16. The van der Waals surface area contributed by atoms with E-state index in [0.717, 1.165) is 52.0 Å². The van der Waals surface area contributed by atoms with Crippen molar-refractivity contribution in [2.45, 2.75) is 44.7 Å². The molecule has 2 saturated heterocycles. The monoisotopic (exact) mass is 388 g/mol. The fourth-order valence-electron chi connectivity index (χ4n) is 3.58. The van der Waals surface area contributed by atoms with E-state index in [2.05, 4.69) is 32.7 Å². The summed E-state index contributed by atoms with van der Waals surface area (Å²) in [5, 5.41) is 6.59. The molecule has 2 N–H and O–H groups in total. The predicted octanol–water partition coefficient (Wildman–Crippen LogP) is 2.40. The van der Waals surface area contributed by atoms with E-state index >= 15 is 0 Å². The van der Waals surface area contributed by atoms with Crippen LogP contribution >= 0.6 is 24.8 Å². The van der Waals surface area contributed by atoms with Crippen molar-refractivity contribution < 1.29 is 4.79 Å². The first kappa shape index (κ1) is 22.2. The van der Waals surface area contributed by atoms with Crippen molar-refractivity contribution in [2.75, 3.05) is 26.2 Å². The van der Waals surface area contributed by atoms with Gasteiger partial charge in [-0.3, -0.25) is 14.7 Å². The molecule has 1 aromatic rings. The zero-order valence-corrected chi connectivity index (χ0v) is 16.3. The van der Waals surface area contributed by atoms with Gasteiger partial charge < -0.3 is 10.6 Å². The summed E-state index contributed by atoms with van der Waals surface area (Å²) in [4.78, 5) is 18.6. The van der Waals surface area contributed by atoms with Crippen molar-refractivity contribution in [3.63, 3.8) is 0 Å². The number of rotatable bonds is 6. The van der Waals surface area contributed by atoms with E-state index in [1.54, 1.807) is 0 Å². The molecule has 3 rings (SSSR count). The molecule has 142 valence electrons. The highest BCUT2D eigenvalue weighted by molar-refractivity contribution is 5.85. The molecule has 1 atom stereocenters. The number of carbonyl (C=O) groups excluding carboxylic acids is 1. The van der Waals surface area contributed by atoms with Gasteiger partial charge in [0.2, 0.25) is 5.91 Å². The Morgan fingerprint density at radius 3 is 2.56 bits per heavy atom. The molecule has 0 radical (unpaired) electrons. The number of piperidine rings is 1. The largest absolute Gasteiger partial charge is 0.353 e. The smallest absolute Gasteiger partial charge is 0.220 e. The Bertz CT molecular complexity index is 489. The summed E-state index contributed by atoms with van der Waals surface area (Å²) in [6.45, 7) is 5.29. The number of aromatic nitrogens is 1. The summed E-state index contributed by atoms with van der Waals surface area (Å²) in [6.07, 6.45) is 8.75. The van der Waals surface area contributed by atoms with E-state index in [1.165, 1.54) is 12.0 Å². The first-order valence-electron chi connectivity index (χ1n) is 8.91. The highest BCUT2D eigenvalue weighted by atomic mass is 35.5. The number of carbonyl (C=O) groups is 1. The zero-order chi connectivity index (χ0) is 15.9. The van der Waals surface area contributed by atoms with Gasteiger partial charge in [-0.05, 0) is 62.4 Å². The Morgan fingerprint density at radius 1 is 1.20 bits per heavy atom. The van der Waals surface area contributed by atoms with Crippen LogP contribution in [0.4, 0.5) is 0 Å². The van der Waals surface area contributed by atoms with E-state index in [9.17, 15) is 4.79 Å². The van der Waals surface area contributed by atoms with Gasteiger partial charge in [0.05, 0.1) is 0 Å². The lowest BCUT2D eigenvalue weighted by molar-refractivity contribution is -0.122. The van der Waals surface area contributed by atoms with Gasteiger partial charge in [-0.15, -0.1) is 24.8 Å². The maximum Gasteiger partial charge on any atom is 0.220 e. The van der Waals surface area contributed by atoms with Crippen LogP contribution < -0.4 is 10.6 Å². The number of hydrogen-bond acceptors (Lipinski definition) is 4. The molecule has 2 fully saturated rings. The molecule has 0 aromatic carbocycles. The van der Waals surface area contributed by atoms with Crippen molar-refractivity contribution in [1.29, 1.82) is 0 Å². The van der Waals surface area contributed by atoms with Crippen LogP contribution in [0, 0.1) is 5.92 Å². The summed E-state index contributed by atoms with van der Waals surface area (Å²) in [7, 11) is 0. The molecule has 1 aromatic heterocycles. The summed E-state index contributed by atoms with van der Waals surface area (Å²) < 4.78 is 0. The van der Waals surface area contributed by atoms with Crippen molar-refractivity contribution in [3.8, 4) is 0 Å². The summed E-state index contributed by atoms with van der Waals surface area (Å²) >= 11 is 0. The molecule has 1 unspecified atom stereocenters. The third-order valence-electron chi connectivity index (χ3n) is 5.05. The van der Waals surface area contributed by atoms with E-state index in [4.69, 9.17) is 0 Å². The third-order valence-corrected chi connectivity index (χ3v) is 5.05. The zero-order valence-electron chi connectivity index (χ0n) is 14.7. The third kappa shape index (κ3) is 7.48. The quantitative estimate of drug-likeness (QED) is 0.785. The van der Waals surface area contributed by atoms with Gasteiger partial charge in [0.15, 0.2) is 0 Å². The van der Waals surface area contributed by atoms with E-state index in [-0.39, 0.29) is 30.7 Å². The van der Waals surface area contributed by atoms with Crippen LogP contribution in [-0.4, -0.2) is 48.0 Å². The van der Waals surface area contributed by atoms with Gasteiger partial charge in [-0.1, -0.05) is 0 Å². The lowest BCUT2D eigenvalue weighted by Gasteiger charge is -2.32. The number of nitrogens with zero attached hydrogens (tertiary/aromatic N) is 2. The number of nitrogens with one attached hydrogen (secondary N) is 2. The van der Waals surface area contributed by atoms with Gasteiger partial charge in [-0.2, -0.15) is 0 Å². The molecule has 7 heteroatoms. The predicted molar refractivity (Wildman–Crippen MR) is 105 cm³/mol. The van der Waals surface area contributed by atoms with E-state index in [1.807, 2.05) is 12.4 Å². The van der Waals surface area contributed by atoms with Crippen LogP contribution in [0.1, 0.15) is 37.7 Å². The average molecular weight is 389 g/mol. The fourth-order valence-corrected chi connectivity index (χ4v) is 3.58. The minimum Gasteiger partial charge on any atom is -0.353 e. The van der Waals surface area contributed by atoms with Gasteiger partial charge >= 0.3 is 0 Å². The normalized spacial score (nSPS) is 21.2. The average Bonchev–Trinajstić information content (AvgIpc) is 3.09. The Morgan fingerprint density at radius 2 is 1.92 bits per heavy atom. The Balaban J connectivity index is 0.00000156. The Hall–Kier alpha value is -0.880. The summed E-state index contributed by atoms with van der Waals surface area (Å²) in [5.74, 6) is 0.937. The molecule has 0 bridgehead atoms. The van der Waals surface area contributed by atoms with Crippen molar-refractivity contribution >= 4 is 30.7 Å². The first-order valence-corrected chi connectivity index (χ1v) is 8.91. The maximum atomic E-state index is 12.1. The first-order chi connectivity index (χ1) is 11.3. The van der Waals surface area contributed by atoms with Crippen molar-refractivity contribution in [1.82, 2.24) is 20.5 Å². The molecular weight excluding hydrogens is 359 g/mol. The van der Waals surface area contributed by atoms with Crippen LogP contribution in [0.15, 0.2) is 24.5 Å². The molecule has 1 amide bonds. The Labute approximate surface area is 163 Å². The van der Waals surface area contributed by atoms with Gasteiger partial charge in [0, 0.05) is 44.5 Å². The number of likely N-dealkylation sites (tertiary alicyclic amines) is 1. The standard InChI is InChI=1S/C18H28N4O.2ClH/c23-18(2-1-15-3-10-20-13-15)21-17-6-11-22(12-7-17)14-16-4-8-19-9-5-16;;/h4-5,8-9,15,17,20H,1-3,6-7,10-14H2,(H,21,23);2*1H. The topological polar surface area (TPSA) is 57.3 Å². The van der Waals surface area contributed by atoms with Crippen LogP contribution in [0.25, 0.3) is 0 Å². The van der Waals surface area contributed by atoms with Crippen LogP contribution in [0.5, 0.6) is 0 Å². The lowest BCUT2D eigenvalue weighted by Crippen LogP contribution is -2.44.